The molecule has 0 unspecified atom stereocenters. The van der Waals surface area contributed by atoms with Crippen LogP contribution in [0, 0.1) is 0 Å². The van der Waals surface area contributed by atoms with Crippen LogP contribution in [0.5, 0.6) is 0 Å². The molecular weight excluding hydrogens is 354 g/mol. The van der Waals surface area contributed by atoms with Gasteiger partial charge in [0.25, 0.3) is 0 Å². The Morgan fingerprint density at radius 2 is 0.750 bits per heavy atom. The van der Waals surface area contributed by atoms with Crippen LogP contribution in [-0.4, -0.2) is 5.48 Å². The van der Waals surface area contributed by atoms with Gasteiger partial charge in [-0.15, -0.1) is 0 Å². The zero-order chi connectivity index (χ0) is 0. The van der Waals surface area contributed by atoms with Gasteiger partial charge in [0.05, 0.1) is 0 Å². The number of hydrogen-bond acceptors (Lipinski definition) is 0. The fraction of sp³-hybridized carbons (Fsp3) is 0. The molecule has 0 radical (unpaired) electrons. The van der Waals surface area contributed by atoms with Crippen molar-refractivity contribution in [2.45, 2.75) is 0 Å². The quantitative estimate of drug-likeness (QED) is 0.387. The Morgan fingerprint density at radius 3 is 0.750 bits per heavy atom. The van der Waals surface area contributed by atoms with Crippen LogP contribution in [0.4, 0.5) is 0 Å². The van der Waals surface area contributed by atoms with Gasteiger partial charge in [-0.05, 0) is 0 Å². The van der Waals surface area contributed by atoms with Gasteiger partial charge in [-0.2, -0.15) is 0 Å². The van der Waals surface area contributed by atoms with Crippen molar-refractivity contribution in [3.8, 4) is 0 Å². The molecule has 0 aliphatic rings. The van der Waals surface area contributed by atoms with Gasteiger partial charge >= 0.3 is 0 Å². The minimum absolute atomic E-state index is 0. The molecule has 4 heavy (non-hydrogen) atoms. The maximum Gasteiger partial charge on any atom is 0 e. The Hall–Kier alpha value is 1.79. The zero-order valence-corrected chi connectivity index (χ0v) is 8.52. The average molecular weight is 356 g/mol. The van der Waals surface area contributed by atoms with Crippen LogP contribution in [0.1, 0.15) is 0 Å². The van der Waals surface area contributed by atoms with E-state index in [0.29, 0.717) is 0 Å². The molecule has 0 atom stereocenters. The number of hydrogen-bond donors (Lipinski definition) is 0. The molecule has 0 rings (SSSR count). The van der Waals surface area contributed by atoms with E-state index in [9.17, 15) is 0 Å². The van der Waals surface area contributed by atoms with Crippen LogP contribution >= 0.6 is 0 Å². The molecule has 28 valence electrons. The van der Waals surface area contributed by atoms with Gasteiger partial charge < -0.3 is 39.4 Å². The minimum atomic E-state index is 0. The van der Waals surface area contributed by atoms with Crippen LogP contribution in [0.15, 0.2) is 0 Å². The molecule has 0 bridgehead atoms. The summed E-state index contributed by atoms with van der Waals surface area (Å²) in [6.07, 6.45) is 0. The third-order valence-electron chi connectivity index (χ3n) is 0. The second-order valence-electron chi connectivity index (χ2n) is 0. The van der Waals surface area contributed by atoms with Crippen molar-refractivity contribution in [3.05, 3.63) is 0 Å². The summed E-state index contributed by atoms with van der Waals surface area (Å²) in [5.41, 5.74) is 0. The molecule has 0 amide bonds. The SMILES string of the molecule is O.[Br-].[Br-].[Hf]. The number of rotatable bonds is 0. The molecule has 0 aromatic rings. The average Bonchev–Trinajstić information content (AvgIpc) is 0. The molecular formula is H2Br2HfO-2. The summed E-state index contributed by atoms with van der Waals surface area (Å²) in [6.45, 7) is 0. The monoisotopic (exact) mass is 356 g/mol. The first-order chi connectivity index (χ1) is 0. The van der Waals surface area contributed by atoms with Crippen LogP contribution < -0.4 is 34.0 Å². The molecule has 0 aromatic heterocycles. The molecule has 0 saturated heterocycles. The van der Waals surface area contributed by atoms with E-state index >= 15 is 0 Å². The summed E-state index contributed by atoms with van der Waals surface area (Å²) >= 11 is 0. The fourth-order valence-corrected chi connectivity index (χ4v) is 0. The Morgan fingerprint density at radius 1 is 0.750 bits per heavy atom. The van der Waals surface area contributed by atoms with Gasteiger partial charge in [0.1, 0.15) is 0 Å². The molecule has 2 N–H and O–H groups in total. The molecule has 1 nitrogen and oxygen atoms in total. The Kier molecular flexibility index (Phi) is 223. The molecule has 0 aliphatic heterocycles. The second kappa shape index (κ2) is 21.5. The summed E-state index contributed by atoms with van der Waals surface area (Å²) in [5.74, 6) is 0. The van der Waals surface area contributed by atoms with E-state index in [1.807, 2.05) is 0 Å². The van der Waals surface area contributed by atoms with Crippen molar-refractivity contribution in [1.82, 2.24) is 0 Å². The van der Waals surface area contributed by atoms with Gasteiger partial charge in [-0.25, -0.2) is 0 Å². The Balaban J connectivity index is 0. The summed E-state index contributed by atoms with van der Waals surface area (Å²) < 4.78 is 0. The Labute approximate surface area is 64.8 Å². The maximum absolute atomic E-state index is 0. The summed E-state index contributed by atoms with van der Waals surface area (Å²) in [7, 11) is 0. The summed E-state index contributed by atoms with van der Waals surface area (Å²) in [4.78, 5) is 0. The molecule has 0 spiro atoms. The van der Waals surface area contributed by atoms with Crippen molar-refractivity contribution < 1.29 is 65.3 Å². The minimum Gasteiger partial charge on any atom is -1.00 e. The van der Waals surface area contributed by atoms with E-state index in [0.717, 1.165) is 0 Å². The first-order valence-corrected chi connectivity index (χ1v) is 0. The van der Waals surface area contributed by atoms with E-state index in [1.165, 1.54) is 0 Å². The van der Waals surface area contributed by atoms with Gasteiger partial charge in [-0.1, -0.05) is 0 Å². The van der Waals surface area contributed by atoms with E-state index in [2.05, 4.69) is 0 Å². The Bertz CT molecular complexity index is 6.00. The van der Waals surface area contributed by atoms with E-state index < -0.39 is 0 Å². The van der Waals surface area contributed by atoms with E-state index in [4.69, 9.17) is 0 Å². The van der Waals surface area contributed by atoms with Gasteiger partial charge in [-0.3, -0.25) is 0 Å². The normalized spacial score (nSPS) is 0. The van der Waals surface area contributed by atoms with Gasteiger partial charge in [0, 0.05) is 25.8 Å². The van der Waals surface area contributed by atoms with Crippen LogP contribution in [0.25, 0.3) is 0 Å². The van der Waals surface area contributed by atoms with Crippen molar-refractivity contribution in [1.29, 1.82) is 0 Å². The molecule has 0 fully saturated rings. The topological polar surface area (TPSA) is 31.5 Å². The standard InChI is InChI=1S/2BrH.Hf.H2O/h2*1H;;1H2/p-2. The molecule has 0 aliphatic carbocycles. The van der Waals surface area contributed by atoms with E-state index in [1.54, 1.807) is 0 Å². The predicted octanol–water partition coefficient (Wildman–Crippen LogP) is -6.82. The first kappa shape index (κ1) is 41.5. The van der Waals surface area contributed by atoms with Crippen LogP contribution in [0.2, 0.25) is 0 Å². The van der Waals surface area contributed by atoms with E-state index in [-0.39, 0.29) is 65.3 Å². The van der Waals surface area contributed by atoms with Crippen molar-refractivity contribution in [2.75, 3.05) is 0 Å². The molecule has 0 heterocycles. The second-order valence-corrected chi connectivity index (χ2v) is 0. The predicted molar refractivity (Wildman–Crippen MR) is 3.61 cm³/mol. The first-order valence-electron chi connectivity index (χ1n) is 0. The van der Waals surface area contributed by atoms with Crippen LogP contribution in [-0.2, 0) is 25.8 Å². The molecule has 0 saturated carbocycles. The number of halogens is 2. The van der Waals surface area contributed by atoms with Crippen LogP contribution in [0.3, 0.4) is 0 Å². The van der Waals surface area contributed by atoms with Crippen molar-refractivity contribution in [3.63, 3.8) is 0 Å². The molecule has 4 heteroatoms. The third-order valence-corrected chi connectivity index (χ3v) is 0. The summed E-state index contributed by atoms with van der Waals surface area (Å²) in [6, 6.07) is 0. The van der Waals surface area contributed by atoms with Gasteiger partial charge in [0.15, 0.2) is 0 Å². The zero-order valence-electron chi connectivity index (χ0n) is 1.76. The van der Waals surface area contributed by atoms with Crippen molar-refractivity contribution in [2.24, 2.45) is 0 Å². The smallest absolute Gasteiger partial charge is 0 e. The summed E-state index contributed by atoms with van der Waals surface area (Å²) in [5, 5.41) is 0. The largest absolute Gasteiger partial charge is 1.00 e. The molecule has 0 aromatic carbocycles. The van der Waals surface area contributed by atoms with Gasteiger partial charge in [0.2, 0.25) is 0 Å². The maximum atomic E-state index is 0. The third kappa shape index (κ3) is 9.21. The fourth-order valence-electron chi connectivity index (χ4n) is 0. The van der Waals surface area contributed by atoms with Crippen molar-refractivity contribution >= 4 is 0 Å².